The van der Waals surface area contributed by atoms with Crippen LogP contribution in [0, 0.1) is 11.3 Å². The third-order valence-corrected chi connectivity index (χ3v) is 8.96. The average Bonchev–Trinajstić information content (AvgIpc) is 2.94. The number of carbonyl (C=O) groups is 1. The van der Waals surface area contributed by atoms with E-state index in [1.54, 1.807) is 18.8 Å². The number of hydrogen-bond donors (Lipinski definition) is 1. The van der Waals surface area contributed by atoms with Crippen molar-refractivity contribution in [1.29, 1.82) is 0 Å². The van der Waals surface area contributed by atoms with Gasteiger partial charge < -0.3 is 19.5 Å². The van der Waals surface area contributed by atoms with Crippen molar-refractivity contribution in [2.24, 2.45) is 11.3 Å². The molecule has 0 spiro atoms. The fourth-order valence-corrected chi connectivity index (χ4v) is 6.36. The van der Waals surface area contributed by atoms with Crippen molar-refractivity contribution < 1.29 is 19.4 Å². The van der Waals surface area contributed by atoms with E-state index in [1.807, 2.05) is 55.5 Å². The van der Waals surface area contributed by atoms with Gasteiger partial charge in [-0.3, -0.25) is 9.69 Å². The number of carboxylic acid groups (broad SMARTS) is 1. The summed E-state index contributed by atoms with van der Waals surface area (Å²) in [4.78, 5) is 17.1. The number of allylic oxidation sites excluding steroid dienone is 2. The third kappa shape index (κ3) is 6.82. The predicted molar refractivity (Wildman–Crippen MR) is 164 cm³/mol. The number of aliphatic carboxylic acids is 1. The van der Waals surface area contributed by atoms with Crippen molar-refractivity contribution in [2.45, 2.75) is 45.6 Å². The van der Waals surface area contributed by atoms with Crippen molar-refractivity contribution in [3.05, 3.63) is 88.6 Å². The normalized spacial score (nSPS) is 24.7. The molecule has 2 aromatic carbocycles. The SMILES string of the molecule is COc1ccc(OC2(C)C=C(N3CCN(CC4=C(c5ccc(Cl)cc5)CC(C)(C)CC4)CC3)C=CC2C(=O)O)cc1. The number of nitrogens with zero attached hydrogens (tertiary/aromatic N) is 2. The molecule has 0 radical (unpaired) electrons. The fourth-order valence-electron chi connectivity index (χ4n) is 6.23. The first-order chi connectivity index (χ1) is 19.5. The molecule has 0 saturated carbocycles. The summed E-state index contributed by atoms with van der Waals surface area (Å²) in [7, 11) is 1.61. The van der Waals surface area contributed by atoms with Crippen molar-refractivity contribution in [1.82, 2.24) is 9.80 Å². The molecular weight excluding hydrogens is 536 g/mol. The third-order valence-electron chi connectivity index (χ3n) is 8.70. The second-order valence-electron chi connectivity index (χ2n) is 12.4. The molecule has 2 atom stereocenters. The molecule has 0 amide bonds. The van der Waals surface area contributed by atoms with E-state index in [9.17, 15) is 9.90 Å². The van der Waals surface area contributed by atoms with E-state index in [-0.39, 0.29) is 0 Å². The summed E-state index contributed by atoms with van der Waals surface area (Å²) in [6.07, 6.45) is 9.10. The molecule has 2 unspecified atom stereocenters. The van der Waals surface area contributed by atoms with E-state index < -0.39 is 17.5 Å². The Kier molecular flexibility index (Phi) is 8.53. The van der Waals surface area contributed by atoms with Gasteiger partial charge in [-0.15, -0.1) is 0 Å². The Balaban J connectivity index is 1.29. The highest BCUT2D eigenvalue weighted by atomic mass is 35.5. The summed E-state index contributed by atoms with van der Waals surface area (Å²) in [5, 5.41) is 10.7. The first-order valence-corrected chi connectivity index (χ1v) is 14.8. The number of hydrogen-bond acceptors (Lipinski definition) is 5. The van der Waals surface area contributed by atoms with Crippen LogP contribution in [0.1, 0.15) is 45.6 Å². The highest BCUT2D eigenvalue weighted by Gasteiger charge is 2.41. The lowest BCUT2D eigenvalue weighted by molar-refractivity contribution is -0.144. The number of rotatable bonds is 8. The summed E-state index contributed by atoms with van der Waals surface area (Å²) in [5.41, 5.74) is 4.60. The molecule has 5 rings (SSSR count). The molecule has 7 heteroatoms. The summed E-state index contributed by atoms with van der Waals surface area (Å²) in [6.45, 7) is 11.2. The van der Waals surface area contributed by atoms with Gasteiger partial charge in [0, 0.05) is 43.4 Å². The zero-order chi connectivity index (χ0) is 29.2. The van der Waals surface area contributed by atoms with Gasteiger partial charge in [0.1, 0.15) is 23.0 Å². The molecule has 2 aliphatic carbocycles. The van der Waals surface area contributed by atoms with Gasteiger partial charge in [-0.05, 0) is 91.3 Å². The van der Waals surface area contributed by atoms with Crippen LogP contribution in [0.2, 0.25) is 5.02 Å². The Labute approximate surface area is 248 Å². The number of carboxylic acids is 1. The van der Waals surface area contributed by atoms with Crippen molar-refractivity contribution in [2.75, 3.05) is 39.8 Å². The average molecular weight is 577 g/mol. The molecule has 2 aromatic rings. The lowest BCUT2D eigenvalue weighted by Gasteiger charge is -2.42. The van der Waals surface area contributed by atoms with Crippen LogP contribution in [0.25, 0.3) is 5.57 Å². The molecule has 41 heavy (non-hydrogen) atoms. The highest BCUT2D eigenvalue weighted by molar-refractivity contribution is 6.30. The number of halogens is 1. The molecule has 1 fully saturated rings. The zero-order valence-electron chi connectivity index (χ0n) is 24.5. The Bertz CT molecular complexity index is 1340. The standard InChI is InChI=1S/C34H41ClN2O4/c1-33(2)16-15-25(30(22-33)24-5-7-26(35)8-6-24)23-36-17-19-37(20-18-36)27-9-14-31(32(38)39)34(3,21-27)41-29-12-10-28(40-4)11-13-29/h5-14,21,31H,15-20,22-23H2,1-4H3,(H,38,39). The molecule has 1 heterocycles. The lowest BCUT2D eigenvalue weighted by atomic mass is 9.72. The quantitative estimate of drug-likeness (QED) is 0.368. The molecule has 0 aromatic heterocycles. The minimum atomic E-state index is -1.02. The maximum absolute atomic E-state index is 12.1. The summed E-state index contributed by atoms with van der Waals surface area (Å²) in [5.74, 6) is -0.361. The Morgan fingerprint density at radius 3 is 2.29 bits per heavy atom. The molecule has 1 aliphatic heterocycles. The molecule has 1 N–H and O–H groups in total. The van der Waals surface area contributed by atoms with E-state index >= 15 is 0 Å². The van der Waals surface area contributed by atoms with E-state index in [0.717, 1.165) is 62.0 Å². The lowest BCUT2D eigenvalue weighted by Crippen LogP contribution is -2.49. The fraction of sp³-hybridized carbons (Fsp3) is 0.441. The predicted octanol–water partition coefficient (Wildman–Crippen LogP) is 6.92. The Hall–Kier alpha value is -3.22. The molecule has 1 saturated heterocycles. The van der Waals surface area contributed by atoms with Gasteiger partial charge in [-0.2, -0.15) is 0 Å². The minimum Gasteiger partial charge on any atom is -0.497 e. The number of piperazine rings is 1. The maximum atomic E-state index is 12.1. The summed E-state index contributed by atoms with van der Waals surface area (Å²) in [6, 6.07) is 15.6. The molecular formula is C34H41ClN2O4. The van der Waals surface area contributed by atoms with Crippen LogP contribution in [0.3, 0.4) is 0 Å². The van der Waals surface area contributed by atoms with Crippen LogP contribution in [0.4, 0.5) is 0 Å². The number of benzene rings is 2. The first-order valence-electron chi connectivity index (χ1n) is 14.5. The van der Waals surface area contributed by atoms with Gasteiger partial charge in [0.2, 0.25) is 0 Å². The Morgan fingerprint density at radius 1 is 1.00 bits per heavy atom. The molecule has 0 bridgehead atoms. The first kappa shape index (κ1) is 29.3. The topological polar surface area (TPSA) is 62.2 Å². The van der Waals surface area contributed by atoms with E-state index in [4.69, 9.17) is 21.1 Å². The monoisotopic (exact) mass is 576 g/mol. The zero-order valence-corrected chi connectivity index (χ0v) is 25.3. The highest BCUT2D eigenvalue weighted by Crippen LogP contribution is 2.43. The number of ether oxygens (including phenoxy) is 2. The largest absolute Gasteiger partial charge is 0.497 e. The maximum Gasteiger partial charge on any atom is 0.314 e. The summed E-state index contributed by atoms with van der Waals surface area (Å²) < 4.78 is 11.6. The van der Waals surface area contributed by atoms with Crippen LogP contribution in [-0.4, -0.2) is 66.3 Å². The Morgan fingerprint density at radius 2 is 1.66 bits per heavy atom. The van der Waals surface area contributed by atoms with E-state index in [0.29, 0.717) is 11.2 Å². The van der Waals surface area contributed by atoms with Crippen LogP contribution < -0.4 is 9.47 Å². The van der Waals surface area contributed by atoms with Crippen LogP contribution in [0.5, 0.6) is 11.5 Å². The van der Waals surface area contributed by atoms with Gasteiger partial charge >= 0.3 is 5.97 Å². The molecule has 6 nitrogen and oxygen atoms in total. The van der Waals surface area contributed by atoms with Gasteiger partial charge in [-0.25, -0.2) is 0 Å². The van der Waals surface area contributed by atoms with Crippen LogP contribution in [0.15, 0.2) is 78.0 Å². The van der Waals surface area contributed by atoms with Crippen molar-refractivity contribution in [3.8, 4) is 11.5 Å². The molecule has 3 aliphatic rings. The number of methoxy groups -OCH3 is 1. The van der Waals surface area contributed by atoms with Crippen molar-refractivity contribution in [3.63, 3.8) is 0 Å². The van der Waals surface area contributed by atoms with Crippen molar-refractivity contribution >= 4 is 23.1 Å². The van der Waals surface area contributed by atoms with Gasteiger partial charge in [0.15, 0.2) is 0 Å². The van der Waals surface area contributed by atoms with Gasteiger partial charge in [0.05, 0.1) is 7.11 Å². The van der Waals surface area contributed by atoms with Gasteiger partial charge in [0.25, 0.3) is 0 Å². The second kappa shape index (κ2) is 11.9. The van der Waals surface area contributed by atoms with Crippen LogP contribution >= 0.6 is 11.6 Å². The van der Waals surface area contributed by atoms with E-state index in [1.165, 1.54) is 17.6 Å². The summed E-state index contributed by atoms with van der Waals surface area (Å²) >= 11 is 6.19. The van der Waals surface area contributed by atoms with Gasteiger partial charge in [-0.1, -0.05) is 49.2 Å². The molecule has 218 valence electrons. The van der Waals surface area contributed by atoms with Crippen LogP contribution in [-0.2, 0) is 4.79 Å². The van der Waals surface area contributed by atoms with E-state index in [2.05, 4.69) is 35.8 Å². The minimum absolute atomic E-state index is 0.297. The smallest absolute Gasteiger partial charge is 0.314 e. The second-order valence-corrected chi connectivity index (χ2v) is 12.8.